The lowest BCUT2D eigenvalue weighted by molar-refractivity contribution is 0.287. The molecule has 4 rings (SSSR count). The van der Waals surface area contributed by atoms with Crippen molar-refractivity contribution in [1.82, 2.24) is 0 Å². The first-order chi connectivity index (χ1) is 8.86. The van der Waals surface area contributed by atoms with Crippen LogP contribution in [0.15, 0.2) is 24.3 Å². The quantitative estimate of drug-likeness (QED) is 0.498. The van der Waals surface area contributed by atoms with Crippen LogP contribution in [-0.4, -0.2) is 10.7 Å². The maximum Gasteiger partial charge on any atom is 0.00343 e. The standard InChI is InChI=1S/C16H20Br2/c17-7-5-9-11-1-2-12-10(6-8-18)14-4-3-13(9)16(14)15(11)12/h1-4,9-16H,5-8H2/t9?,10?,11-,12-,13-,14-,15?,16?/m1/s1. The number of rotatable bonds is 4. The Balaban J connectivity index is 1.68. The second-order valence-electron chi connectivity index (χ2n) is 6.52. The fourth-order valence-corrected chi connectivity index (χ4v) is 6.87. The summed E-state index contributed by atoms with van der Waals surface area (Å²) in [6.07, 6.45) is 13.1. The second-order valence-corrected chi connectivity index (χ2v) is 8.10. The van der Waals surface area contributed by atoms with Gasteiger partial charge in [-0.05, 0) is 60.2 Å². The highest BCUT2D eigenvalue weighted by atomic mass is 79.9. The van der Waals surface area contributed by atoms with Crippen molar-refractivity contribution in [2.75, 3.05) is 10.7 Å². The zero-order chi connectivity index (χ0) is 12.3. The summed E-state index contributed by atoms with van der Waals surface area (Å²) in [7, 11) is 0. The molecule has 0 aliphatic heterocycles. The Kier molecular flexibility index (Phi) is 3.04. The van der Waals surface area contributed by atoms with E-state index in [4.69, 9.17) is 0 Å². The molecule has 2 fully saturated rings. The number of hydrogen-bond donors (Lipinski definition) is 0. The molecule has 0 aromatic heterocycles. The van der Waals surface area contributed by atoms with Crippen LogP contribution in [0.25, 0.3) is 0 Å². The van der Waals surface area contributed by atoms with E-state index in [1.807, 2.05) is 0 Å². The largest absolute Gasteiger partial charge is 0.0928 e. The summed E-state index contributed by atoms with van der Waals surface area (Å²) in [6, 6.07) is 0. The molecular formula is C16H20Br2. The van der Waals surface area contributed by atoms with Gasteiger partial charge < -0.3 is 0 Å². The average molecular weight is 372 g/mol. The molecule has 4 atom stereocenters. The minimum atomic E-state index is 0.898. The van der Waals surface area contributed by atoms with E-state index in [1.165, 1.54) is 23.5 Å². The number of alkyl halides is 2. The van der Waals surface area contributed by atoms with Crippen LogP contribution in [0.2, 0.25) is 0 Å². The molecule has 0 bridgehead atoms. The van der Waals surface area contributed by atoms with E-state index in [1.54, 1.807) is 0 Å². The molecule has 0 nitrogen and oxygen atoms in total. The Labute approximate surface area is 127 Å². The van der Waals surface area contributed by atoms with Crippen molar-refractivity contribution in [3.8, 4) is 0 Å². The van der Waals surface area contributed by atoms with Crippen molar-refractivity contribution in [2.24, 2.45) is 47.3 Å². The van der Waals surface area contributed by atoms with Crippen LogP contribution in [0.5, 0.6) is 0 Å². The first kappa shape index (κ1) is 12.2. The predicted molar refractivity (Wildman–Crippen MR) is 83.0 cm³/mol. The maximum absolute atomic E-state index is 3.66. The molecule has 98 valence electrons. The fourth-order valence-electron chi connectivity index (χ4n) is 5.81. The highest BCUT2D eigenvalue weighted by Crippen LogP contribution is 2.68. The summed E-state index contributed by atoms with van der Waals surface area (Å²) >= 11 is 7.32. The van der Waals surface area contributed by atoms with Crippen LogP contribution >= 0.6 is 31.9 Å². The lowest BCUT2D eigenvalue weighted by Gasteiger charge is -2.24. The third-order valence-electron chi connectivity index (χ3n) is 6.20. The molecule has 4 aliphatic carbocycles. The molecule has 4 aliphatic rings. The Hall–Kier alpha value is 0.440. The van der Waals surface area contributed by atoms with Gasteiger partial charge in [-0.3, -0.25) is 0 Å². The summed E-state index contributed by atoms with van der Waals surface area (Å²) in [6.45, 7) is 0. The van der Waals surface area contributed by atoms with E-state index < -0.39 is 0 Å². The molecule has 18 heavy (non-hydrogen) atoms. The first-order valence-electron chi connectivity index (χ1n) is 7.35. The van der Waals surface area contributed by atoms with E-state index in [-0.39, 0.29) is 0 Å². The molecule has 0 spiro atoms. The number of hydrogen-bond acceptors (Lipinski definition) is 0. The van der Waals surface area contributed by atoms with Crippen molar-refractivity contribution in [3.63, 3.8) is 0 Å². The molecule has 2 heteroatoms. The molecule has 0 radical (unpaired) electrons. The van der Waals surface area contributed by atoms with Crippen molar-refractivity contribution in [3.05, 3.63) is 24.3 Å². The van der Waals surface area contributed by atoms with Crippen LogP contribution < -0.4 is 0 Å². The predicted octanol–water partition coefficient (Wildman–Crippen LogP) is 4.65. The molecular weight excluding hydrogens is 352 g/mol. The topological polar surface area (TPSA) is 0 Å². The van der Waals surface area contributed by atoms with E-state index in [0.29, 0.717) is 0 Å². The SMILES string of the molecule is BrCCC1[C@H]2C=C[C@@H]3C(CCBr)[C@H]4C=C[C@H]1C4C23. The lowest BCUT2D eigenvalue weighted by atomic mass is 9.81. The highest BCUT2D eigenvalue weighted by Gasteiger charge is 2.63. The summed E-state index contributed by atoms with van der Waals surface area (Å²) in [5.74, 6) is 7.42. The summed E-state index contributed by atoms with van der Waals surface area (Å²) in [5, 5.41) is 2.35. The smallest absolute Gasteiger partial charge is 0.00343 e. The van der Waals surface area contributed by atoms with E-state index >= 15 is 0 Å². The van der Waals surface area contributed by atoms with Gasteiger partial charge in [0.15, 0.2) is 0 Å². The molecule has 0 N–H and O–H groups in total. The third kappa shape index (κ3) is 1.43. The van der Waals surface area contributed by atoms with Gasteiger partial charge in [0.2, 0.25) is 0 Å². The Bertz CT molecular complexity index is 334. The van der Waals surface area contributed by atoms with Crippen molar-refractivity contribution < 1.29 is 0 Å². The van der Waals surface area contributed by atoms with Crippen LogP contribution in [0, 0.1) is 47.3 Å². The summed E-state index contributed by atoms with van der Waals surface area (Å²) in [4.78, 5) is 0. The molecule has 0 unspecified atom stereocenters. The number of halogens is 2. The third-order valence-corrected chi connectivity index (χ3v) is 7.11. The fraction of sp³-hybridized carbons (Fsp3) is 0.750. The minimum absolute atomic E-state index is 0.898. The normalized spacial score (nSPS) is 54.6. The zero-order valence-corrected chi connectivity index (χ0v) is 13.7. The van der Waals surface area contributed by atoms with E-state index in [9.17, 15) is 0 Å². The van der Waals surface area contributed by atoms with Gasteiger partial charge in [0.05, 0.1) is 0 Å². The van der Waals surface area contributed by atoms with E-state index in [2.05, 4.69) is 56.2 Å². The summed E-state index contributed by atoms with van der Waals surface area (Å²) in [5.41, 5.74) is 0. The maximum atomic E-state index is 3.66. The highest BCUT2D eigenvalue weighted by molar-refractivity contribution is 9.09. The van der Waals surface area contributed by atoms with Gasteiger partial charge in [-0.2, -0.15) is 0 Å². The molecule has 2 saturated carbocycles. The van der Waals surface area contributed by atoms with Crippen LogP contribution in [-0.2, 0) is 0 Å². The molecule has 0 aromatic rings. The van der Waals surface area contributed by atoms with Crippen LogP contribution in [0.3, 0.4) is 0 Å². The van der Waals surface area contributed by atoms with Crippen molar-refractivity contribution >= 4 is 31.9 Å². The minimum Gasteiger partial charge on any atom is -0.0928 e. The molecule has 0 amide bonds. The molecule has 0 aromatic carbocycles. The zero-order valence-electron chi connectivity index (χ0n) is 10.5. The van der Waals surface area contributed by atoms with Crippen molar-refractivity contribution in [1.29, 1.82) is 0 Å². The van der Waals surface area contributed by atoms with Gasteiger partial charge >= 0.3 is 0 Å². The van der Waals surface area contributed by atoms with Crippen molar-refractivity contribution in [2.45, 2.75) is 12.8 Å². The van der Waals surface area contributed by atoms with Gasteiger partial charge in [0.25, 0.3) is 0 Å². The second kappa shape index (κ2) is 4.48. The lowest BCUT2D eigenvalue weighted by Crippen LogP contribution is -2.19. The van der Waals surface area contributed by atoms with Gasteiger partial charge in [0, 0.05) is 10.7 Å². The van der Waals surface area contributed by atoms with E-state index in [0.717, 1.165) is 47.3 Å². The van der Waals surface area contributed by atoms with Gasteiger partial charge in [0.1, 0.15) is 0 Å². The monoisotopic (exact) mass is 370 g/mol. The summed E-state index contributed by atoms with van der Waals surface area (Å²) < 4.78 is 0. The first-order valence-corrected chi connectivity index (χ1v) is 9.59. The number of allylic oxidation sites excluding steroid dienone is 4. The van der Waals surface area contributed by atoms with Gasteiger partial charge in [-0.1, -0.05) is 56.2 Å². The Morgan fingerprint density at radius 2 is 0.944 bits per heavy atom. The van der Waals surface area contributed by atoms with Crippen LogP contribution in [0.4, 0.5) is 0 Å². The van der Waals surface area contributed by atoms with Crippen LogP contribution in [0.1, 0.15) is 12.8 Å². The van der Waals surface area contributed by atoms with Gasteiger partial charge in [-0.25, -0.2) is 0 Å². The Morgan fingerprint density at radius 1 is 0.611 bits per heavy atom. The Morgan fingerprint density at radius 3 is 1.22 bits per heavy atom. The molecule has 0 saturated heterocycles. The van der Waals surface area contributed by atoms with Gasteiger partial charge in [-0.15, -0.1) is 0 Å². The average Bonchev–Trinajstić information content (AvgIpc) is 3.04. The molecule has 0 heterocycles.